The van der Waals surface area contributed by atoms with Crippen LogP contribution in [-0.4, -0.2) is 34.3 Å². The molecule has 0 aliphatic carbocycles. The van der Waals surface area contributed by atoms with Gasteiger partial charge in [0.1, 0.15) is 0 Å². The van der Waals surface area contributed by atoms with Crippen molar-refractivity contribution in [1.29, 1.82) is 0 Å². The Morgan fingerprint density at radius 1 is 1.33 bits per heavy atom. The molecular formula is C16H25ClN4. The number of halogens is 1. The van der Waals surface area contributed by atoms with Gasteiger partial charge in [0.05, 0.1) is 11.2 Å². The van der Waals surface area contributed by atoms with E-state index >= 15 is 0 Å². The van der Waals surface area contributed by atoms with Gasteiger partial charge in [0.2, 0.25) is 0 Å². The zero-order valence-electron chi connectivity index (χ0n) is 12.7. The lowest BCUT2D eigenvalue weighted by Gasteiger charge is -2.31. The number of hydrogen-bond donors (Lipinski definition) is 1. The van der Waals surface area contributed by atoms with Crippen LogP contribution in [-0.2, 0) is 13.1 Å². The molecule has 116 valence electrons. The minimum atomic E-state index is 0. The summed E-state index contributed by atoms with van der Waals surface area (Å²) in [6, 6.07) is 8.54. The number of nitrogens with two attached hydrogens (primary N) is 1. The molecule has 1 aromatic carbocycles. The minimum Gasteiger partial charge on any atom is -0.330 e. The Morgan fingerprint density at radius 2 is 2.14 bits per heavy atom. The van der Waals surface area contributed by atoms with Crippen LogP contribution >= 0.6 is 12.4 Å². The van der Waals surface area contributed by atoms with Crippen molar-refractivity contribution in [1.82, 2.24) is 14.7 Å². The lowest BCUT2D eigenvalue weighted by molar-refractivity contribution is 0.169. The van der Waals surface area contributed by atoms with Crippen LogP contribution in [0.4, 0.5) is 0 Å². The van der Waals surface area contributed by atoms with Crippen LogP contribution in [0.5, 0.6) is 0 Å². The molecular weight excluding hydrogens is 284 g/mol. The summed E-state index contributed by atoms with van der Waals surface area (Å²) in [5, 5.41) is 6.09. The van der Waals surface area contributed by atoms with Crippen molar-refractivity contribution in [2.75, 3.05) is 19.6 Å². The van der Waals surface area contributed by atoms with Gasteiger partial charge < -0.3 is 5.73 Å². The normalized spacial score (nSPS) is 19.6. The van der Waals surface area contributed by atoms with Crippen LogP contribution in [0.3, 0.4) is 0 Å². The molecule has 3 rings (SSSR count). The fraction of sp³-hybridized carbons (Fsp3) is 0.562. The fourth-order valence-electron chi connectivity index (χ4n) is 3.25. The summed E-state index contributed by atoms with van der Waals surface area (Å²) in [5.41, 5.74) is 8.28. The first-order chi connectivity index (χ1) is 9.81. The van der Waals surface area contributed by atoms with Gasteiger partial charge in [-0.2, -0.15) is 5.10 Å². The summed E-state index contributed by atoms with van der Waals surface area (Å²) in [6.07, 6.45) is 2.53. The first-order valence-electron chi connectivity index (χ1n) is 7.68. The smallest absolute Gasteiger partial charge is 0.0843 e. The van der Waals surface area contributed by atoms with Crippen molar-refractivity contribution in [3.05, 3.63) is 30.0 Å². The van der Waals surface area contributed by atoms with E-state index in [1.165, 1.54) is 36.0 Å². The highest BCUT2D eigenvalue weighted by atomic mass is 35.5. The number of fused-ring (bicyclic) bond motifs is 1. The Morgan fingerprint density at radius 3 is 2.90 bits per heavy atom. The molecule has 0 amide bonds. The molecule has 1 unspecified atom stereocenters. The molecule has 2 heterocycles. The molecule has 2 N–H and O–H groups in total. The minimum absolute atomic E-state index is 0. The van der Waals surface area contributed by atoms with E-state index in [0.717, 1.165) is 26.2 Å². The van der Waals surface area contributed by atoms with Crippen molar-refractivity contribution in [3.63, 3.8) is 0 Å². The van der Waals surface area contributed by atoms with E-state index in [0.29, 0.717) is 5.92 Å². The second-order valence-electron chi connectivity index (χ2n) is 5.76. The maximum atomic E-state index is 5.83. The van der Waals surface area contributed by atoms with Crippen molar-refractivity contribution in [3.8, 4) is 0 Å². The van der Waals surface area contributed by atoms with E-state index in [9.17, 15) is 0 Å². The first kappa shape index (κ1) is 16.3. The molecule has 0 radical (unpaired) electrons. The predicted octanol–water partition coefficient (Wildman–Crippen LogP) is 2.65. The summed E-state index contributed by atoms with van der Waals surface area (Å²) < 4.78 is 2.11. The molecule has 4 nitrogen and oxygen atoms in total. The van der Waals surface area contributed by atoms with Crippen LogP contribution in [0.25, 0.3) is 10.9 Å². The summed E-state index contributed by atoms with van der Waals surface area (Å²) in [5.74, 6) is 0.656. The van der Waals surface area contributed by atoms with Crippen molar-refractivity contribution in [2.24, 2.45) is 11.7 Å². The summed E-state index contributed by atoms with van der Waals surface area (Å²) >= 11 is 0. The van der Waals surface area contributed by atoms with Gasteiger partial charge >= 0.3 is 0 Å². The van der Waals surface area contributed by atoms with Gasteiger partial charge in [-0.05, 0) is 44.8 Å². The van der Waals surface area contributed by atoms with Crippen LogP contribution < -0.4 is 5.73 Å². The Kier molecular flexibility index (Phi) is 5.62. The quantitative estimate of drug-likeness (QED) is 0.944. The number of likely N-dealkylation sites (tertiary alicyclic amines) is 1. The highest BCUT2D eigenvalue weighted by molar-refractivity contribution is 5.85. The molecule has 0 saturated carbocycles. The zero-order valence-corrected chi connectivity index (χ0v) is 13.5. The maximum Gasteiger partial charge on any atom is 0.0843 e. The number of aromatic nitrogens is 2. The number of hydrogen-bond acceptors (Lipinski definition) is 3. The van der Waals surface area contributed by atoms with Gasteiger partial charge in [-0.3, -0.25) is 9.58 Å². The summed E-state index contributed by atoms with van der Waals surface area (Å²) in [7, 11) is 0. The van der Waals surface area contributed by atoms with Gasteiger partial charge in [-0.25, -0.2) is 0 Å². The van der Waals surface area contributed by atoms with E-state index in [1.54, 1.807) is 0 Å². The second kappa shape index (κ2) is 7.25. The van der Waals surface area contributed by atoms with E-state index < -0.39 is 0 Å². The topological polar surface area (TPSA) is 47.1 Å². The number of aryl methyl sites for hydroxylation is 1. The summed E-state index contributed by atoms with van der Waals surface area (Å²) in [4.78, 5) is 2.51. The molecule has 1 saturated heterocycles. The van der Waals surface area contributed by atoms with Gasteiger partial charge in [-0.1, -0.05) is 18.2 Å². The number of benzene rings is 1. The molecule has 1 fully saturated rings. The van der Waals surface area contributed by atoms with Crippen molar-refractivity contribution < 1.29 is 0 Å². The highest BCUT2D eigenvalue weighted by Gasteiger charge is 2.20. The van der Waals surface area contributed by atoms with Crippen molar-refractivity contribution >= 4 is 23.3 Å². The Hall–Kier alpha value is -1.10. The fourth-order valence-corrected chi connectivity index (χ4v) is 3.25. The zero-order chi connectivity index (χ0) is 13.9. The van der Waals surface area contributed by atoms with Crippen LogP contribution in [0.15, 0.2) is 24.3 Å². The average Bonchev–Trinajstić information content (AvgIpc) is 2.86. The Balaban J connectivity index is 0.00000161. The first-order valence-corrected chi connectivity index (χ1v) is 7.68. The maximum absolute atomic E-state index is 5.83. The molecule has 2 aromatic rings. The lowest BCUT2D eigenvalue weighted by atomic mass is 9.98. The Bertz CT molecular complexity index is 581. The van der Waals surface area contributed by atoms with Crippen molar-refractivity contribution in [2.45, 2.75) is 32.9 Å². The predicted molar refractivity (Wildman–Crippen MR) is 89.7 cm³/mol. The molecule has 1 aliphatic rings. The van der Waals surface area contributed by atoms with E-state index in [-0.39, 0.29) is 12.4 Å². The van der Waals surface area contributed by atoms with Gasteiger partial charge in [0.15, 0.2) is 0 Å². The molecule has 1 atom stereocenters. The number of rotatable bonds is 4. The van der Waals surface area contributed by atoms with E-state index in [4.69, 9.17) is 10.8 Å². The monoisotopic (exact) mass is 308 g/mol. The number of piperidine rings is 1. The molecule has 0 bridgehead atoms. The third kappa shape index (κ3) is 3.39. The average molecular weight is 309 g/mol. The third-order valence-corrected chi connectivity index (χ3v) is 4.34. The Labute approximate surface area is 132 Å². The van der Waals surface area contributed by atoms with Crippen LogP contribution in [0, 0.1) is 5.92 Å². The van der Waals surface area contributed by atoms with Crippen LogP contribution in [0.1, 0.15) is 25.5 Å². The van der Waals surface area contributed by atoms with Gasteiger partial charge in [-0.15, -0.1) is 12.4 Å². The van der Waals surface area contributed by atoms with Crippen LogP contribution in [0.2, 0.25) is 0 Å². The highest BCUT2D eigenvalue weighted by Crippen LogP contribution is 2.22. The number of nitrogens with zero attached hydrogens (tertiary/aromatic N) is 3. The summed E-state index contributed by atoms with van der Waals surface area (Å²) in [6.45, 7) is 7.11. The number of para-hydroxylation sites is 1. The van der Waals surface area contributed by atoms with Gasteiger partial charge in [0.25, 0.3) is 0 Å². The molecule has 1 aromatic heterocycles. The molecule has 5 heteroatoms. The molecule has 1 aliphatic heterocycles. The van der Waals surface area contributed by atoms with E-state index in [1.807, 2.05) is 0 Å². The third-order valence-electron chi connectivity index (χ3n) is 4.34. The lowest BCUT2D eigenvalue weighted by Crippen LogP contribution is -2.38. The largest absolute Gasteiger partial charge is 0.330 e. The SMILES string of the molecule is CCn1nc(CN2CCCC(CN)C2)c2ccccc21.Cl. The standard InChI is InChI=1S/C16H24N4.ClH/c1-2-20-16-8-4-3-7-14(16)15(18-20)12-19-9-5-6-13(10-17)11-19;/h3-4,7-8,13H,2,5-6,9-12,17H2,1H3;1H. The van der Waals surface area contributed by atoms with Gasteiger partial charge in [0, 0.05) is 25.0 Å². The second-order valence-corrected chi connectivity index (χ2v) is 5.76. The molecule has 21 heavy (non-hydrogen) atoms. The molecule has 0 spiro atoms. The van der Waals surface area contributed by atoms with E-state index in [2.05, 4.69) is 40.8 Å².